The molecule has 0 radical (unpaired) electrons. The van der Waals surface area contributed by atoms with E-state index in [4.69, 9.17) is 14.2 Å². The number of amides is 2. The number of benzene rings is 2. The van der Waals surface area contributed by atoms with Crippen molar-refractivity contribution in [1.82, 2.24) is 24.5 Å². The molecule has 2 aliphatic heterocycles. The number of nitrogens with one attached hydrogen (secondary N) is 2. The molecule has 1 aromatic heterocycles. The Morgan fingerprint density at radius 3 is 2.63 bits per heavy atom. The van der Waals surface area contributed by atoms with Gasteiger partial charge < -0.3 is 29.4 Å². The van der Waals surface area contributed by atoms with Gasteiger partial charge >= 0.3 is 0 Å². The number of nitrogens with zero attached hydrogens (tertiary/aromatic N) is 3. The van der Waals surface area contributed by atoms with Gasteiger partial charge in [-0.25, -0.2) is 13.4 Å². The van der Waals surface area contributed by atoms with Gasteiger partial charge in [-0.3, -0.25) is 9.59 Å². The highest BCUT2D eigenvalue weighted by atomic mass is 32.2. The number of aromatic nitrogens is 2. The first-order valence-electron chi connectivity index (χ1n) is 14.4. The second kappa shape index (κ2) is 13.5. The minimum absolute atomic E-state index is 0.00926. The monoisotopic (exact) mass is 611 g/mol. The number of fused-ring (bicyclic) bond motifs is 5. The number of carbonyl (C=O) groups is 2. The van der Waals surface area contributed by atoms with Crippen LogP contribution in [0.4, 0.5) is 0 Å². The molecule has 0 fully saturated rings. The van der Waals surface area contributed by atoms with Crippen molar-refractivity contribution in [3.8, 4) is 28.6 Å². The van der Waals surface area contributed by atoms with E-state index >= 15 is 0 Å². The summed E-state index contributed by atoms with van der Waals surface area (Å²) in [6.45, 7) is 5.13. The van der Waals surface area contributed by atoms with E-state index in [1.165, 1.54) is 12.1 Å². The second-order valence-corrected chi connectivity index (χ2v) is 12.8. The summed E-state index contributed by atoms with van der Waals surface area (Å²) in [5, 5.41) is 5.68. The third-order valence-electron chi connectivity index (χ3n) is 7.11. The molecule has 0 aliphatic carbocycles. The highest BCUT2D eigenvalue weighted by Gasteiger charge is 2.30. The van der Waals surface area contributed by atoms with Crippen molar-refractivity contribution in [2.75, 3.05) is 39.5 Å². The van der Waals surface area contributed by atoms with Crippen molar-refractivity contribution < 1.29 is 32.2 Å². The van der Waals surface area contributed by atoms with E-state index in [1.807, 2.05) is 48.9 Å². The van der Waals surface area contributed by atoms with E-state index in [9.17, 15) is 18.0 Å². The summed E-state index contributed by atoms with van der Waals surface area (Å²) in [4.78, 5) is 31.0. The molecule has 0 spiro atoms. The fraction of sp³-hybridized carbons (Fsp3) is 0.433. The van der Waals surface area contributed by atoms with Crippen molar-refractivity contribution in [3.05, 3.63) is 54.9 Å². The molecule has 0 saturated carbocycles. The summed E-state index contributed by atoms with van der Waals surface area (Å²) >= 11 is 0. The van der Waals surface area contributed by atoms with Gasteiger partial charge in [0.05, 0.1) is 18.0 Å². The lowest BCUT2D eigenvalue weighted by atomic mass is 10.0. The maximum Gasteiger partial charge on any atom is 0.243 e. The Labute approximate surface area is 251 Å². The standard InChI is InChI=1S/C30H37N5O7S/c1-21(2)17-25-30(37)32-10-13-34-12-9-31-29(34)22-5-3-6-23(18-22)40-14-4-11-35(20-28(36)33-25)43(38,39)24-7-8-26-27(19-24)42-16-15-41-26/h3,5-9,12,18-19,21,25H,4,10-11,13-17,20H2,1-2H3,(H,32,37)(H,33,36)/t25-/m1/s1. The molecular weight excluding hydrogens is 574 g/mol. The van der Waals surface area contributed by atoms with Gasteiger partial charge in [-0.1, -0.05) is 26.0 Å². The van der Waals surface area contributed by atoms with Crippen LogP contribution < -0.4 is 24.8 Å². The van der Waals surface area contributed by atoms with E-state index in [-0.39, 0.29) is 29.9 Å². The highest BCUT2D eigenvalue weighted by Crippen LogP contribution is 2.33. The average molecular weight is 612 g/mol. The number of rotatable bonds is 4. The van der Waals surface area contributed by atoms with Gasteiger partial charge in [-0.05, 0) is 43.0 Å². The molecule has 2 aromatic carbocycles. The van der Waals surface area contributed by atoms with Gasteiger partial charge in [0, 0.05) is 43.7 Å². The fourth-order valence-electron chi connectivity index (χ4n) is 5.05. The molecule has 3 aromatic rings. The van der Waals surface area contributed by atoms with Gasteiger partial charge in [0.15, 0.2) is 11.5 Å². The van der Waals surface area contributed by atoms with E-state index in [0.717, 1.165) is 15.7 Å². The third kappa shape index (κ3) is 7.46. The number of hydrogen-bond donors (Lipinski definition) is 2. The van der Waals surface area contributed by atoms with E-state index in [2.05, 4.69) is 15.6 Å². The Morgan fingerprint density at radius 2 is 1.81 bits per heavy atom. The summed E-state index contributed by atoms with van der Waals surface area (Å²) in [6.07, 6.45) is 4.25. The molecule has 2 amide bonds. The molecule has 2 N–H and O–H groups in total. The predicted molar refractivity (Wildman–Crippen MR) is 158 cm³/mol. The van der Waals surface area contributed by atoms with Crippen molar-refractivity contribution >= 4 is 21.8 Å². The molecule has 5 rings (SSSR count). The van der Waals surface area contributed by atoms with Crippen LogP contribution in [0, 0.1) is 5.92 Å². The van der Waals surface area contributed by atoms with Crippen LogP contribution in [0.3, 0.4) is 0 Å². The van der Waals surface area contributed by atoms with Crippen LogP contribution in [0.5, 0.6) is 17.2 Å². The molecule has 43 heavy (non-hydrogen) atoms. The molecule has 1 atom stereocenters. The van der Waals surface area contributed by atoms with Crippen LogP contribution >= 0.6 is 0 Å². The number of imidazole rings is 1. The summed E-state index contributed by atoms with van der Waals surface area (Å²) in [5.41, 5.74) is 0.850. The smallest absolute Gasteiger partial charge is 0.243 e. The normalized spacial score (nSPS) is 18.9. The SMILES string of the molecule is CC(C)C[C@H]1NC(=O)CN(S(=O)(=O)c2ccc3c(c2)OCCO3)CCCOc2cccc(c2)-c2nccn2CCNC1=O. The summed E-state index contributed by atoms with van der Waals surface area (Å²) in [5.74, 6) is 1.33. The number of sulfonamides is 1. The maximum atomic E-state index is 13.8. The van der Waals surface area contributed by atoms with E-state index < -0.39 is 28.5 Å². The topological polar surface area (TPSA) is 141 Å². The maximum absolute atomic E-state index is 13.8. The zero-order chi connectivity index (χ0) is 30.4. The molecule has 12 nitrogen and oxygen atoms in total. The van der Waals surface area contributed by atoms with Crippen LogP contribution in [-0.4, -0.2) is 79.6 Å². The minimum Gasteiger partial charge on any atom is -0.494 e. The lowest BCUT2D eigenvalue weighted by Gasteiger charge is -2.25. The molecule has 230 valence electrons. The van der Waals surface area contributed by atoms with Crippen LogP contribution in [0.15, 0.2) is 59.8 Å². The van der Waals surface area contributed by atoms with Gasteiger partial charge in [0.2, 0.25) is 21.8 Å². The fourth-order valence-corrected chi connectivity index (χ4v) is 6.50. The molecule has 13 heteroatoms. The number of ether oxygens (including phenoxy) is 3. The van der Waals surface area contributed by atoms with Crippen molar-refractivity contribution in [2.45, 2.75) is 44.2 Å². The Hall–Kier alpha value is -4.10. The Balaban J connectivity index is 1.42. The van der Waals surface area contributed by atoms with Gasteiger partial charge in [-0.2, -0.15) is 4.31 Å². The second-order valence-electron chi connectivity index (χ2n) is 10.9. The van der Waals surface area contributed by atoms with E-state index in [1.54, 1.807) is 12.3 Å². The third-order valence-corrected chi connectivity index (χ3v) is 8.95. The quantitative estimate of drug-likeness (QED) is 0.459. The van der Waals surface area contributed by atoms with Crippen LogP contribution in [-0.2, 0) is 26.2 Å². The van der Waals surface area contributed by atoms with Crippen LogP contribution in [0.2, 0.25) is 0 Å². The predicted octanol–water partition coefficient (Wildman–Crippen LogP) is 2.44. The molecular formula is C30H37N5O7S. The first-order chi connectivity index (χ1) is 20.7. The lowest BCUT2D eigenvalue weighted by molar-refractivity contribution is -0.129. The number of carbonyl (C=O) groups excluding carboxylic acids is 2. The molecule has 0 unspecified atom stereocenters. The van der Waals surface area contributed by atoms with Crippen LogP contribution in [0.1, 0.15) is 26.7 Å². The average Bonchev–Trinajstić information content (AvgIpc) is 3.46. The van der Waals surface area contributed by atoms with E-state index in [0.29, 0.717) is 56.4 Å². The van der Waals surface area contributed by atoms with Gasteiger partial charge in [0.1, 0.15) is 30.8 Å². The minimum atomic E-state index is -4.12. The summed E-state index contributed by atoms with van der Waals surface area (Å²) in [6, 6.07) is 11.1. The first kappa shape index (κ1) is 30.4. The van der Waals surface area contributed by atoms with Crippen molar-refractivity contribution in [1.29, 1.82) is 0 Å². The van der Waals surface area contributed by atoms with Gasteiger partial charge in [0.25, 0.3) is 0 Å². The molecule has 2 aliphatic rings. The molecule has 3 heterocycles. The molecule has 0 saturated heterocycles. The van der Waals surface area contributed by atoms with Crippen LogP contribution in [0.25, 0.3) is 11.4 Å². The number of hydrogen-bond acceptors (Lipinski definition) is 8. The summed E-state index contributed by atoms with van der Waals surface area (Å²) < 4.78 is 47.8. The van der Waals surface area contributed by atoms with Crippen molar-refractivity contribution in [2.24, 2.45) is 5.92 Å². The van der Waals surface area contributed by atoms with Gasteiger partial charge in [-0.15, -0.1) is 0 Å². The largest absolute Gasteiger partial charge is 0.494 e. The Kier molecular flexibility index (Phi) is 9.51. The first-order valence-corrected chi connectivity index (χ1v) is 15.9. The summed E-state index contributed by atoms with van der Waals surface area (Å²) in [7, 11) is -4.12. The van der Waals surface area contributed by atoms with Crippen molar-refractivity contribution in [3.63, 3.8) is 0 Å². The highest BCUT2D eigenvalue weighted by molar-refractivity contribution is 7.89. The zero-order valence-corrected chi connectivity index (χ0v) is 25.1. The molecule has 2 bridgehead atoms. The Bertz CT molecular complexity index is 1560. The zero-order valence-electron chi connectivity index (χ0n) is 24.3. The Morgan fingerprint density at radius 1 is 1.00 bits per heavy atom. The lowest BCUT2D eigenvalue weighted by Crippen LogP contribution is -2.51.